The highest BCUT2D eigenvalue weighted by atomic mass is 16.2. The zero-order chi connectivity index (χ0) is 17.7. The smallest absolute Gasteiger partial charge is 0.272 e. The third-order valence-electron chi connectivity index (χ3n) is 5.50. The van der Waals surface area contributed by atoms with Crippen LogP contribution in [0.3, 0.4) is 0 Å². The Hall–Kier alpha value is -3.02. The molecule has 2 aromatic heterocycles. The van der Waals surface area contributed by atoms with Crippen molar-refractivity contribution >= 4 is 5.91 Å². The number of hydrogen-bond donors (Lipinski definition) is 0. The first-order valence-corrected chi connectivity index (χ1v) is 8.94. The number of hydrogen-bond acceptors (Lipinski definition) is 4. The molecule has 26 heavy (non-hydrogen) atoms. The molecule has 5 rings (SSSR count). The van der Waals surface area contributed by atoms with Crippen LogP contribution in [0.2, 0.25) is 0 Å². The molecule has 1 amide bonds. The van der Waals surface area contributed by atoms with Crippen molar-refractivity contribution in [1.82, 2.24) is 24.6 Å². The summed E-state index contributed by atoms with van der Waals surface area (Å²) < 4.78 is 1.65. The summed E-state index contributed by atoms with van der Waals surface area (Å²) >= 11 is 0. The second-order valence-electron chi connectivity index (χ2n) is 6.97. The van der Waals surface area contributed by atoms with E-state index in [1.165, 1.54) is 0 Å². The van der Waals surface area contributed by atoms with Crippen LogP contribution in [0.4, 0.5) is 0 Å². The largest absolute Gasteiger partial charge is 0.327 e. The van der Waals surface area contributed by atoms with Gasteiger partial charge in [0.2, 0.25) is 0 Å². The van der Waals surface area contributed by atoms with Crippen molar-refractivity contribution in [1.29, 1.82) is 0 Å². The summed E-state index contributed by atoms with van der Waals surface area (Å²) in [5.41, 5.74) is 3.83. The van der Waals surface area contributed by atoms with Gasteiger partial charge in [0.25, 0.3) is 5.91 Å². The standard InChI is InChI=1S/C20H19N5O/c1-24-18(9-10-22-24)20(26)25-14-7-8-17(25)15-12-21-19(23-16(15)11-14)13-5-3-2-4-6-13/h2-6,9-10,12,14,17H,7-8,11H2,1H3. The molecule has 1 saturated heterocycles. The minimum Gasteiger partial charge on any atom is -0.327 e. The van der Waals surface area contributed by atoms with Crippen LogP contribution in [-0.2, 0) is 13.5 Å². The summed E-state index contributed by atoms with van der Waals surface area (Å²) in [6.07, 6.45) is 6.35. The van der Waals surface area contributed by atoms with Gasteiger partial charge in [0.1, 0.15) is 5.69 Å². The van der Waals surface area contributed by atoms with Crippen molar-refractivity contribution in [3.05, 3.63) is 65.7 Å². The second-order valence-corrected chi connectivity index (χ2v) is 6.97. The Morgan fingerprint density at radius 2 is 2.00 bits per heavy atom. The summed E-state index contributed by atoms with van der Waals surface area (Å²) in [4.78, 5) is 24.5. The molecular formula is C20H19N5O. The van der Waals surface area contributed by atoms with E-state index in [2.05, 4.69) is 10.1 Å². The normalized spacial score (nSPS) is 20.9. The van der Waals surface area contributed by atoms with Crippen molar-refractivity contribution in [2.75, 3.05) is 0 Å². The molecule has 4 heterocycles. The predicted octanol–water partition coefficient (Wildman–Crippen LogP) is 2.78. The van der Waals surface area contributed by atoms with Gasteiger partial charge in [-0.1, -0.05) is 30.3 Å². The zero-order valence-electron chi connectivity index (χ0n) is 14.5. The van der Waals surface area contributed by atoms with Gasteiger partial charge in [-0.05, 0) is 18.9 Å². The van der Waals surface area contributed by atoms with Crippen LogP contribution in [0.1, 0.15) is 40.6 Å². The van der Waals surface area contributed by atoms with Gasteiger partial charge in [0.15, 0.2) is 5.82 Å². The van der Waals surface area contributed by atoms with Crippen molar-refractivity contribution in [2.45, 2.75) is 31.3 Å². The first kappa shape index (κ1) is 15.3. The molecule has 6 heteroatoms. The average molecular weight is 345 g/mol. The van der Waals surface area contributed by atoms with E-state index in [4.69, 9.17) is 4.98 Å². The maximum absolute atomic E-state index is 13.1. The number of benzene rings is 1. The van der Waals surface area contributed by atoms with E-state index >= 15 is 0 Å². The number of fused-ring (bicyclic) bond motifs is 4. The van der Waals surface area contributed by atoms with E-state index in [0.29, 0.717) is 5.69 Å². The van der Waals surface area contributed by atoms with Crippen LogP contribution < -0.4 is 0 Å². The first-order chi connectivity index (χ1) is 12.7. The molecule has 1 aromatic carbocycles. The molecule has 3 aromatic rings. The molecule has 2 unspecified atom stereocenters. The lowest BCUT2D eigenvalue weighted by Crippen LogP contribution is -2.43. The molecule has 0 N–H and O–H groups in total. The monoisotopic (exact) mass is 345 g/mol. The maximum atomic E-state index is 13.1. The number of aromatic nitrogens is 4. The third-order valence-corrected chi connectivity index (χ3v) is 5.50. The van der Waals surface area contributed by atoms with Crippen LogP contribution >= 0.6 is 0 Å². The summed E-state index contributed by atoms with van der Waals surface area (Å²) in [6.45, 7) is 0. The van der Waals surface area contributed by atoms with E-state index in [-0.39, 0.29) is 18.0 Å². The van der Waals surface area contributed by atoms with Crippen LogP contribution in [0, 0.1) is 0 Å². The van der Waals surface area contributed by atoms with Gasteiger partial charge in [-0.2, -0.15) is 5.10 Å². The van der Waals surface area contributed by atoms with Crippen molar-refractivity contribution in [3.63, 3.8) is 0 Å². The zero-order valence-corrected chi connectivity index (χ0v) is 14.5. The lowest BCUT2D eigenvalue weighted by Gasteiger charge is -2.35. The molecule has 2 atom stereocenters. The molecule has 0 saturated carbocycles. The van der Waals surface area contributed by atoms with Crippen molar-refractivity contribution in [3.8, 4) is 11.4 Å². The molecule has 0 spiro atoms. The Labute approximate surface area is 151 Å². The first-order valence-electron chi connectivity index (χ1n) is 8.94. The number of carbonyl (C=O) groups is 1. The Kier molecular flexibility index (Phi) is 3.38. The summed E-state index contributed by atoms with van der Waals surface area (Å²) in [6, 6.07) is 12.1. The molecule has 1 fully saturated rings. The number of rotatable bonds is 2. The molecule has 130 valence electrons. The van der Waals surface area contributed by atoms with Gasteiger partial charge >= 0.3 is 0 Å². The fourth-order valence-corrected chi connectivity index (χ4v) is 4.23. The van der Waals surface area contributed by atoms with Gasteiger partial charge in [-0.3, -0.25) is 9.48 Å². The van der Waals surface area contributed by atoms with Gasteiger partial charge in [-0.25, -0.2) is 9.97 Å². The molecule has 6 nitrogen and oxygen atoms in total. The van der Waals surface area contributed by atoms with E-state index < -0.39 is 0 Å². The summed E-state index contributed by atoms with van der Waals surface area (Å²) in [7, 11) is 1.81. The van der Waals surface area contributed by atoms with Crippen LogP contribution in [0.25, 0.3) is 11.4 Å². The van der Waals surface area contributed by atoms with Crippen molar-refractivity contribution in [2.24, 2.45) is 7.05 Å². The molecule has 2 aliphatic heterocycles. The quantitative estimate of drug-likeness (QED) is 0.716. The number of nitrogens with zero attached hydrogens (tertiary/aromatic N) is 5. The minimum absolute atomic E-state index is 0.0512. The van der Waals surface area contributed by atoms with Crippen molar-refractivity contribution < 1.29 is 4.79 Å². The SMILES string of the molecule is Cn1nccc1C(=O)N1C2CCC1c1cnc(-c3ccccc3)nc1C2. The van der Waals surface area contributed by atoms with Gasteiger partial charge in [0, 0.05) is 43.0 Å². The highest BCUT2D eigenvalue weighted by Crippen LogP contribution is 2.43. The summed E-state index contributed by atoms with van der Waals surface area (Å²) in [5, 5.41) is 4.14. The van der Waals surface area contributed by atoms with E-state index in [9.17, 15) is 4.79 Å². The lowest BCUT2D eigenvalue weighted by atomic mass is 9.98. The molecule has 2 bridgehead atoms. The van der Waals surface area contributed by atoms with E-state index in [0.717, 1.165) is 41.9 Å². The number of aryl methyl sites for hydroxylation is 1. The third kappa shape index (κ3) is 2.25. The second kappa shape index (κ2) is 5.76. The molecule has 0 radical (unpaired) electrons. The molecule has 0 aliphatic carbocycles. The molecular weight excluding hydrogens is 326 g/mol. The topological polar surface area (TPSA) is 63.9 Å². The Balaban J connectivity index is 1.51. The van der Waals surface area contributed by atoms with E-state index in [1.807, 2.05) is 48.5 Å². The Morgan fingerprint density at radius 3 is 2.77 bits per heavy atom. The number of carbonyl (C=O) groups excluding carboxylic acids is 1. The lowest BCUT2D eigenvalue weighted by molar-refractivity contribution is 0.0632. The maximum Gasteiger partial charge on any atom is 0.272 e. The Bertz CT molecular complexity index is 981. The van der Waals surface area contributed by atoms with Crippen LogP contribution in [0.5, 0.6) is 0 Å². The average Bonchev–Trinajstić information content (AvgIpc) is 3.24. The summed E-state index contributed by atoms with van der Waals surface area (Å²) in [5.74, 6) is 0.811. The fraction of sp³-hybridized carbons (Fsp3) is 0.300. The van der Waals surface area contributed by atoms with Crippen LogP contribution in [0.15, 0.2) is 48.8 Å². The van der Waals surface area contributed by atoms with E-state index in [1.54, 1.807) is 16.9 Å². The Morgan fingerprint density at radius 1 is 1.15 bits per heavy atom. The van der Waals surface area contributed by atoms with Gasteiger partial charge in [-0.15, -0.1) is 0 Å². The highest BCUT2D eigenvalue weighted by molar-refractivity contribution is 5.93. The highest BCUT2D eigenvalue weighted by Gasteiger charge is 2.44. The molecule has 2 aliphatic rings. The predicted molar refractivity (Wildman–Crippen MR) is 96.3 cm³/mol. The van der Waals surface area contributed by atoms with Gasteiger partial charge in [0.05, 0.1) is 11.7 Å². The van der Waals surface area contributed by atoms with Crippen LogP contribution in [-0.4, -0.2) is 36.6 Å². The number of amides is 1. The van der Waals surface area contributed by atoms with Gasteiger partial charge < -0.3 is 4.90 Å². The minimum atomic E-state index is 0.0512. The fourth-order valence-electron chi connectivity index (χ4n) is 4.23.